The van der Waals surface area contributed by atoms with Gasteiger partial charge in [0, 0.05) is 0 Å². The zero-order valence-electron chi connectivity index (χ0n) is 31.9. The Labute approximate surface area is 341 Å². The number of hydrogen-bond donors (Lipinski definition) is 17. The molecular weight excluding hydrogens is 826 g/mol. The van der Waals surface area contributed by atoms with Gasteiger partial charge >= 0.3 is 0 Å². The van der Waals surface area contributed by atoms with E-state index in [1.165, 1.54) is 0 Å². The van der Waals surface area contributed by atoms with Gasteiger partial charge in [-0.3, -0.25) is 0 Å². The van der Waals surface area contributed by atoms with Crippen molar-refractivity contribution in [2.24, 2.45) is 5.73 Å². The first kappa shape index (κ1) is 49.9. The molecule has 5 saturated heterocycles. The van der Waals surface area contributed by atoms with Crippen LogP contribution in [0.1, 0.15) is 6.42 Å². The van der Waals surface area contributed by atoms with Crippen molar-refractivity contribution in [1.82, 2.24) is 0 Å². The van der Waals surface area contributed by atoms with Crippen LogP contribution in [0.15, 0.2) is 0 Å². The molecule has 0 aromatic heterocycles. The molecule has 0 saturated carbocycles. The van der Waals surface area contributed by atoms with E-state index in [9.17, 15) is 81.7 Å². The molecule has 0 amide bonds. The molecule has 0 aromatic carbocycles. The van der Waals surface area contributed by atoms with Crippen LogP contribution < -0.4 is 5.73 Å². The van der Waals surface area contributed by atoms with E-state index in [1.807, 2.05) is 0 Å². The second kappa shape index (κ2) is 22.2. The van der Waals surface area contributed by atoms with Crippen molar-refractivity contribution in [2.45, 2.75) is 160 Å². The number of ether oxygens (including phenoxy) is 10. The summed E-state index contributed by atoms with van der Waals surface area (Å²) in [6, 6.07) is 0. The fraction of sp³-hybridized carbons (Fsp3) is 1.00. The van der Waals surface area contributed by atoms with Gasteiger partial charge in [0.15, 0.2) is 31.5 Å². The summed E-state index contributed by atoms with van der Waals surface area (Å²) in [6.45, 7) is -4.10. The molecule has 27 heteroatoms. The number of rotatable bonds is 17. The highest BCUT2D eigenvalue weighted by molar-refractivity contribution is 4.99. The fourth-order valence-electron chi connectivity index (χ4n) is 7.44. The first-order chi connectivity index (χ1) is 28.6. The Hall–Kier alpha value is -1.08. The maximum atomic E-state index is 11.1. The second-order valence-corrected chi connectivity index (χ2v) is 14.9. The normalized spacial score (nSPS) is 50.5. The van der Waals surface area contributed by atoms with Crippen LogP contribution in [0.5, 0.6) is 0 Å². The molecule has 5 fully saturated rings. The summed E-state index contributed by atoms with van der Waals surface area (Å²) in [4.78, 5) is 0. The number of aliphatic hydroxyl groups is 16. The molecule has 0 spiro atoms. The van der Waals surface area contributed by atoms with Crippen molar-refractivity contribution in [1.29, 1.82) is 0 Å². The molecule has 0 aliphatic carbocycles. The van der Waals surface area contributed by atoms with Crippen LogP contribution in [-0.2, 0) is 47.4 Å². The third-order valence-electron chi connectivity index (χ3n) is 10.9. The topological polar surface area (TPSA) is 442 Å². The third kappa shape index (κ3) is 10.5. The molecule has 0 bridgehead atoms. The Kier molecular flexibility index (Phi) is 18.5. The fourth-order valence-corrected chi connectivity index (χ4v) is 7.44. The molecule has 5 aliphatic rings. The maximum Gasteiger partial charge on any atom is 0.187 e. The lowest BCUT2D eigenvalue weighted by Crippen LogP contribution is -2.68. The van der Waals surface area contributed by atoms with E-state index in [0.29, 0.717) is 6.42 Å². The minimum atomic E-state index is -2.11. The molecule has 10 unspecified atom stereocenters. The molecule has 0 aromatic rings. The molecule has 60 heavy (non-hydrogen) atoms. The van der Waals surface area contributed by atoms with E-state index in [0.717, 1.165) is 0 Å². The van der Waals surface area contributed by atoms with Crippen LogP contribution in [0.25, 0.3) is 0 Å². The summed E-state index contributed by atoms with van der Waals surface area (Å²) in [5.41, 5.74) is 5.44. The highest BCUT2D eigenvalue weighted by Crippen LogP contribution is 2.35. The highest BCUT2D eigenvalue weighted by atomic mass is 16.8. The smallest absolute Gasteiger partial charge is 0.187 e. The summed E-state index contributed by atoms with van der Waals surface area (Å²) in [6.07, 6.45) is -44.3. The van der Waals surface area contributed by atoms with Crippen LogP contribution in [0.3, 0.4) is 0 Å². The second-order valence-electron chi connectivity index (χ2n) is 14.9. The first-order valence-electron chi connectivity index (χ1n) is 19.3. The average molecular weight is 886 g/mol. The van der Waals surface area contributed by atoms with Crippen molar-refractivity contribution in [3.8, 4) is 0 Å². The summed E-state index contributed by atoms with van der Waals surface area (Å²) in [7, 11) is 0. The highest BCUT2D eigenvalue weighted by Gasteiger charge is 2.56. The molecular formula is C33H59NO26. The summed E-state index contributed by atoms with van der Waals surface area (Å²) >= 11 is 0. The van der Waals surface area contributed by atoms with E-state index in [-0.39, 0.29) is 13.2 Å². The van der Waals surface area contributed by atoms with Gasteiger partial charge in [-0.15, -0.1) is 0 Å². The van der Waals surface area contributed by atoms with Crippen molar-refractivity contribution >= 4 is 0 Å². The van der Waals surface area contributed by atoms with Gasteiger partial charge in [0.05, 0.1) is 39.6 Å². The SMILES string of the molecule is NCCCO[C@@H]1OC(CO)[C@@H](O[C@@H]2OC(CO)[C@@H](O[C@H]3OC(CO)[C@H](O[C@H]4OC(CO)[C@@H](O[C@@H]5OC(CO)[C@@H](O)C(O)[C@@H]5O)[C@H](O)C4O)[C@H](O)C3O)C(O)[C@@H]2O)C(O)[C@@H]1O. The number of aliphatic hydroxyl groups excluding tert-OH is 16. The summed E-state index contributed by atoms with van der Waals surface area (Å²) in [5, 5.41) is 168. The van der Waals surface area contributed by atoms with Crippen molar-refractivity contribution in [3.05, 3.63) is 0 Å². The average Bonchev–Trinajstić information content (AvgIpc) is 3.24. The van der Waals surface area contributed by atoms with Gasteiger partial charge < -0.3 is 135 Å². The predicted molar refractivity (Wildman–Crippen MR) is 184 cm³/mol. The molecule has 27 nitrogen and oxygen atoms in total. The van der Waals surface area contributed by atoms with E-state index >= 15 is 0 Å². The summed E-state index contributed by atoms with van der Waals surface area (Å²) in [5.74, 6) is 0. The van der Waals surface area contributed by atoms with Crippen molar-refractivity contribution in [3.63, 3.8) is 0 Å². The Morgan fingerprint density at radius 2 is 0.600 bits per heavy atom. The predicted octanol–water partition coefficient (Wildman–Crippen LogP) is -11.6. The quantitative estimate of drug-likeness (QED) is 0.0603. The van der Waals surface area contributed by atoms with Gasteiger partial charge in [-0.2, -0.15) is 0 Å². The molecule has 0 radical (unpaired) electrons. The Balaban J connectivity index is 1.21. The van der Waals surface area contributed by atoms with E-state index in [4.69, 9.17) is 53.1 Å². The monoisotopic (exact) mass is 885 g/mol. The zero-order valence-corrected chi connectivity index (χ0v) is 31.9. The molecule has 5 rings (SSSR count). The van der Waals surface area contributed by atoms with Crippen LogP contribution in [0.2, 0.25) is 0 Å². The number of hydrogen-bond acceptors (Lipinski definition) is 27. The van der Waals surface area contributed by atoms with Crippen molar-refractivity contribution in [2.75, 3.05) is 46.2 Å². The third-order valence-corrected chi connectivity index (χ3v) is 10.9. The molecule has 5 aliphatic heterocycles. The summed E-state index contributed by atoms with van der Waals surface area (Å²) < 4.78 is 55.4. The van der Waals surface area contributed by atoms with Crippen LogP contribution in [0.4, 0.5) is 0 Å². The lowest BCUT2D eigenvalue weighted by Gasteiger charge is -2.49. The maximum absolute atomic E-state index is 11.1. The molecule has 352 valence electrons. The van der Waals surface area contributed by atoms with E-state index in [2.05, 4.69) is 0 Å². The standard InChI is InChI=1S/C33H59NO26/c34-2-1-3-51-29-21(47)16(42)25(10(5-36)53-29)58-31-23(49)18(44)27(12(7-38)55-31)60-33-24(50)19(45)28(13(8-39)56-33)59-32-22(48)17(43)26(11(6-37)54-32)57-30-20(46)15(41)14(40)9(4-35)52-30/h9-33,35-50H,1-8,34H2/t9?,10?,11?,12?,13?,14-,15?,16?,17-,18?,19-,20+,21+,22?,23+,24?,25-,26-,27-,28+,29-,30+,31+,32-,33-/m1/s1. The van der Waals surface area contributed by atoms with E-state index in [1.54, 1.807) is 0 Å². The van der Waals surface area contributed by atoms with Gasteiger partial charge in [0.2, 0.25) is 0 Å². The zero-order chi connectivity index (χ0) is 44.2. The largest absolute Gasteiger partial charge is 0.394 e. The molecule has 5 heterocycles. The van der Waals surface area contributed by atoms with Gasteiger partial charge in [0.25, 0.3) is 0 Å². The Morgan fingerprint density at radius 3 is 0.900 bits per heavy atom. The first-order valence-corrected chi connectivity index (χ1v) is 19.3. The minimum Gasteiger partial charge on any atom is -0.394 e. The lowest BCUT2D eigenvalue weighted by atomic mass is 9.95. The van der Waals surface area contributed by atoms with Gasteiger partial charge in [0.1, 0.15) is 122 Å². The number of nitrogens with two attached hydrogens (primary N) is 1. The molecule has 25 atom stereocenters. The Morgan fingerprint density at radius 1 is 0.333 bits per heavy atom. The van der Waals surface area contributed by atoms with Gasteiger partial charge in [-0.25, -0.2) is 0 Å². The van der Waals surface area contributed by atoms with Gasteiger partial charge in [-0.1, -0.05) is 0 Å². The van der Waals surface area contributed by atoms with Crippen LogP contribution in [-0.4, -0.2) is 281 Å². The van der Waals surface area contributed by atoms with Crippen LogP contribution in [0, 0.1) is 0 Å². The minimum absolute atomic E-state index is 0.0525. The molecule has 18 N–H and O–H groups in total. The van der Waals surface area contributed by atoms with Gasteiger partial charge in [-0.05, 0) is 13.0 Å². The Bertz CT molecular complexity index is 1270. The van der Waals surface area contributed by atoms with E-state index < -0.39 is 187 Å². The van der Waals surface area contributed by atoms with Crippen LogP contribution >= 0.6 is 0 Å². The lowest BCUT2D eigenvalue weighted by molar-refractivity contribution is -0.393. The van der Waals surface area contributed by atoms with Crippen molar-refractivity contribution < 1.29 is 129 Å².